The minimum absolute atomic E-state index is 0.197. The summed E-state index contributed by atoms with van der Waals surface area (Å²) in [6, 6.07) is 11.7. The van der Waals surface area contributed by atoms with Crippen LogP contribution in [0.5, 0.6) is 11.5 Å². The Labute approximate surface area is 143 Å². The predicted molar refractivity (Wildman–Crippen MR) is 93.6 cm³/mol. The summed E-state index contributed by atoms with van der Waals surface area (Å²) in [5, 5.41) is 0. The van der Waals surface area contributed by atoms with Crippen LogP contribution in [0, 0.1) is 13.8 Å². The van der Waals surface area contributed by atoms with Crippen molar-refractivity contribution < 1.29 is 19.0 Å². The van der Waals surface area contributed by atoms with E-state index in [0.717, 1.165) is 28.2 Å². The zero-order valence-corrected chi connectivity index (χ0v) is 14.7. The van der Waals surface area contributed by atoms with Gasteiger partial charge >= 0.3 is 5.97 Å². The van der Waals surface area contributed by atoms with Crippen LogP contribution in [-0.4, -0.2) is 19.7 Å². The van der Waals surface area contributed by atoms with Crippen molar-refractivity contribution in [2.45, 2.75) is 33.8 Å². The summed E-state index contributed by atoms with van der Waals surface area (Å²) in [5.41, 5.74) is 4.02. The highest BCUT2D eigenvalue weighted by molar-refractivity contribution is 5.73. The molecule has 128 valence electrons. The van der Waals surface area contributed by atoms with Crippen molar-refractivity contribution in [2.24, 2.45) is 0 Å². The van der Waals surface area contributed by atoms with Gasteiger partial charge in [0.05, 0.1) is 20.1 Å². The number of methoxy groups -OCH3 is 1. The Bertz CT molecular complexity index is 707. The van der Waals surface area contributed by atoms with Gasteiger partial charge in [-0.3, -0.25) is 4.79 Å². The number of esters is 1. The van der Waals surface area contributed by atoms with Crippen LogP contribution >= 0.6 is 0 Å². The molecule has 0 radical (unpaired) electrons. The molecule has 0 amide bonds. The zero-order chi connectivity index (χ0) is 17.5. The van der Waals surface area contributed by atoms with E-state index in [-0.39, 0.29) is 12.4 Å². The molecule has 0 aliphatic carbocycles. The van der Waals surface area contributed by atoms with Crippen LogP contribution in [0.2, 0.25) is 0 Å². The van der Waals surface area contributed by atoms with Crippen molar-refractivity contribution in [3.05, 3.63) is 58.7 Å². The molecule has 4 heteroatoms. The average Bonchev–Trinajstić information content (AvgIpc) is 2.56. The molecule has 0 aromatic heterocycles. The van der Waals surface area contributed by atoms with Crippen molar-refractivity contribution >= 4 is 5.97 Å². The molecule has 0 saturated heterocycles. The van der Waals surface area contributed by atoms with Crippen LogP contribution in [0.4, 0.5) is 0 Å². The highest BCUT2D eigenvalue weighted by Crippen LogP contribution is 2.27. The van der Waals surface area contributed by atoms with Gasteiger partial charge < -0.3 is 14.2 Å². The summed E-state index contributed by atoms with van der Waals surface area (Å²) in [5.74, 6) is 1.29. The van der Waals surface area contributed by atoms with Gasteiger partial charge in [0.15, 0.2) is 0 Å². The van der Waals surface area contributed by atoms with Crippen LogP contribution in [0.1, 0.15) is 29.2 Å². The van der Waals surface area contributed by atoms with E-state index in [1.807, 2.05) is 44.2 Å². The molecule has 2 aromatic carbocycles. The van der Waals surface area contributed by atoms with Gasteiger partial charge in [-0.2, -0.15) is 0 Å². The fraction of sp³-hybridized carbons (Fsp3) is 0.350. The van der Waals surface area contributed by atoms with E-state index in [1.54, 1.807) is 0 Å². The van der Waals surface area contributed by atoms with E-state index in [4.69, 9.17) is 14.2 Å². The lowest BCUT2D eigenvalue weighted by Crippen LogP contribution is -2.10. The van der Waals surface area contributed by atoms with Gasteiger partial charge in [-0.1, -0.05) is 29.8 Å². The predicted octanol–water partition coefficient (Wildman–Crippen LogP) is 4.00. The number of hydrogen-bond acceptors (Lipinski definition) is 4. The first-order valence-electron chi connectivity index (χ1n) is 8.05. The maximum absolute atomic E-state index is 11.7. The smallest absolute Gasteiger partial charge is 0.309 e. The van der Waals surface area contributed by atoms with Crippen LogP contribution in [0.3, 0.4) is 0 Å². The zero-order valence-electron chi connectivity index (χ0n) is 14.7. The van der Waals surface area contributed by atoms with Gasteiger partial charge in [-0.25, -0.2) is 0 Å². The second kappa shape index (κ2) is 8.39. The Hall–Kier alpha value is -2.49. The number of hydrogen-bond donors (Lipinski definition) is 0. The normalized spacial score (nSPS) is 10.3. The molecular weight excluding hydrogens is 304 g/mol. The highest BCUT2D eigenvalue weighted by Gasteiger charge is 2.14. The Morgan fingerprint density at radius 1 is 1.04 bits per heavy atom. The minimum Gasteiger partial charge on any atom is -0.493 e. The van der Waals surface area contributed by atoms with Gasteiger partial charge in [0.1, 0.15) is 18.1 Å². The van der Waals surface area contributed by atoms with Crippen LogP contribution in [0.15, 0.2) is 36.4 Å². The average molecular weight is 328 g/mol. The quantitative estimate of drug-likeness (QED) is 0.721. The first kappa shape index (κ1) is 17.9. The van der Waals surface area contributed by atoms with Crippen molar-refractivity contribution in [1.29, 1.82) is 0 Å². The molecule has 0 N–H and O–H groups in total. The number of ether oxygens (including phenoxy) is 3. The second-order valence-electron chi connectivity index (χ2n) is 5.64. The lowest BCUT2D eigenvalue weighted by atomic mass is 10.0. The third kappa shape index (κ3) is 4.51. The van der Waals surface area contributed by atoms with Crippen molar-refractivity contribution in [3.8, 4) is 11.5 Å². The lowest BCUT2D eigenvalue weighted by molar-refractivity contribution is -0.139. The molecule has 0 heterocycles. The molecule has 24 heavy (non-hydrogen) atoms. The van der Waals surface area contributed by atoms with Crippen LogP contribution < -0.4 is 9.47 Å². The summed E-state index contributed by atoms with van der Waals surface area (Å²) in [6.07, 6.45) is 0.197. The van der Waals surface area contributed by atoms with Crippen LogP contribution in [-0.2, 0) is 22.6 Å². The van der Waals surface area contributed by atoms with Crippen molar-refractivity contribution in [1.82, 2.24) is 0 Å². The van der Waals surface area contributed by atoms with Gasteiger partial charge in [0.25, 0.3) is 0 Å². The Kier molecular flexibility index (Phi) is 6.24. The topological polar surface area (TPSA) is 44.8 Å². The number of rotatable bonds is 7. The van der Waals surface area contributed by atoms with E-state index in [9.17, 15) is 4.79 Å². The molecule has 0 aliphatic heterocycles. The molecule has 0 fully saturated rings. The first-order chi connectivity index (χ1) is 11.5. The molecule has 4 nitrogen and oxygen atoms in total. The minimum atomic E-state index is -0.281. The monoisotopic (exact) mass is 328 g/mol. The van der Waals surface area contributed by atoms with E-state index in [0.29, 0.717) is 13.2 Å². The van der Waals surface area contributed by atoms with Gasteiger partial charge in [-0.05, 0) is 44.0 Å². The van der Waals surface area contributed by atoms with E-state index >= 15 is 0 Å². The molecular formula is C20H24O4. The van der Waals surface area contributed by atoms with Gasteiger partial charge in [-0.15, -0.1) is 0 Å². The summed E-state index contributed by atoms with van der Waals surface area (Å²) in [6.45, 7) is 6.90. The molecule has 0 saturated carbocycles. The maximum Gasteiger partial charge on any atom is 0.309 e. The third-order valence-corrected chi connectivity index (χ3v) is 3.79. The summed E-state index contributed by atoms with van der Waals surface area (Å²) >= 11 is 0. The number of carbonyl (C=O) groups is 1. The Balaban J connectivity index is 2.26. The molecule has 2 rings (SSSR count). The fourth-order valence-electron chi connectivity index (χ4n) is 2.57. The lowest BCUT2D eigenvalue weighted by Gasteiger charge is -2.16. The van der Waals surface area contributed by atoms with E-state index < -0.39 is 0 Å². The molecule has 0 bridgehead atoms. The Morgan fingerprint density at radius 3 is 2.50 bits per heavy atom. The summed E-state index contributed by atoms with van der Waals surface area (Å²) in [4.78, 5) is 11.7. The van der Waals surface area contributed by atoms with Gasteiger partial charge in [0.2, 0.25) is 0 Å². The van der Waals surface area contributed by atoms with Crippen LogP contribution in [0.25, 0.3) is 0 Å². The maximum atomic E-state index is 11.7. The van der Waals surface area contributed by atoms with E-state index in [2.05, 4.69) is 13.0 Å². The standard InChI is InChI=1S/C20H24O4/c1-5-23-19-8-6-7-16(12-20(21)22-4)17(19)13-24-18-10-9-14(2)11-15(18)3/h6-11H,5,12-13H2,1-4H3. The summed E-state index contributed by atoms with van der Waals surface area (Å²) in [7, 11) is 1.39. The molecule has 0 aliphatic rings. The first-order valence-corrected chi connectivity index (χ1v) is 8.05. The number of aryl methyl sites for hydroxylation is 2. The second-order valence-corrected chi connectivity index (χ2v) is 5.64. The number of carbonyl (C=O) groups excluding carboxylic acids is 1. The molecule has 2 aromatic rings. The van der Waals surface area contributed by atoms with Crippen molar-refractivity contribution in [2.75, 3.05) is 13.7 Å². The van der Waals surface area contributed by atoms with Crippen molar-refractivity contribution in [3.63, 3.8) is 0 Å². The molecule has 0 unspecified atom stereocenters. The SMILES string of the molecule is CCOc1cccc(CC(=O)OC)c1COc1ccc(C)cc1C. The highest BCUT2D eigenvalue weighted by atomic mass is 16.5. The fourth-order valence-corrected chi connectivity index (χ4v) is 2.57. The summed E-state index contributed by atoms with van der Waals surface area (Å²) < 4.78 is 16.5. The largest absolute Gasteiger partial charge is 0.493 e. The molecule has 0 spiro atoms. The third-order valence-electron chi connectivity index (χ3n) is 3.79. The molecule has 0 atom stereocenters. The number of benzene rings is 2. The van der Waals surface area contributed by atoms with Gasteiger partial charge in [0, 0.05) is 5.56 Å². The van der Waals surface area contributed by atoms with E-state index in [1.165, 1.54) is 12.7 Å². The Morgan fingerprint density at radius 2 is 1.83 bits per heavy atom.